The molecule has 0 radical (unpaired) electrons. The zero-order valence-electron chi connectivity index (χ0n) is 18.7. The number of hydrogen-bond acceptors (Lipinski definition) is 5. The molecule has 0 spiro atoms. The van der Waals surface area contributed by atoms with Gasteiger partial charge in [-0.15, -0.1) is 0 Å². The molecule has 0 atom stereocenters. The van der Waals surface area contributed by atoms with Gasteiger partial charge in [0.1, 0.15) is 0 Å². The van der Waals surface area contributed by atoms with E-state index in [-0.39, 0.29) is 28.5 Å². The number of carboxylic acid groups (broad SMARTS) is 1. The molecule has 1 aromatic heterocycles. The number of nitrogens with one attached hydrogen (secondary N) is 2. The van der Waals surface area contributed by atoms with E-state index >= 15 is 0 Å². The Morgan fingerprint density at radius 1 is 0.886 bits per heavy atom. The third-order valence-corrected chi connectivity index (χ3v) is 6.71. The standard InChI is InChI=1S/C26H22N2O6S/c1-35(33,34)22-9-4-17(5-10-22)15-27-24(29)19-8-11-23-20(13-19)14-21(25(30)28-23)12-16-2-6-18(7-3-16)26(31)32/h2-11,13-14H,12,15H2,1H3,(H,27,29)(H,28,30)(H,31,32). The van der Waals surface area contributed by atoms with Crippen LogP contribution in [0.3, 0.4) is 0 Å². The van der Waals surface area contributed by atoms with Crippen LogP contribution in [0.2, 0.25) is 0 Å². The monoisotopic (exact) mass is 490 g/mol. The van der Waals surface area contributed by atoms with Gasteiger partial charge in [0.15, 0.2) is 9.84 Å². The van der Waals surface area contributed by atoms with Crippen molar-refractivity contribution >= 4 is 32.6 Å². The minimum absolute atomic E-state index is 0.170. The zero-order valence-corrected chi connectivity index (χ0v) is 19.6. The average molecular weight is 491 g/mol. The lowest BCUT2D eigenvalue weighted by Crippen LogP contribution is -2.23. The lowest BCUT2D eigenvalue weighted by Gasteiger charge is -2.08. The van der Waals surface area contributed by atoms with Crippen LogP contribution in [-0.2, 0) is 22.8 Å². The first-order valence-corrected chi connectivity index (χ1v) is 12.5. The van der Waals surface area contributed by atoms with Crippen molar-refractivity contribution in [1.82, 2.24) is 10.3 Å². The Balaban J connectivity index is 1.51. The van der Waals surface area contributed by atoms with Crippen molar-refractivity contribution in [2.45, 2.75) is 17.9 Å². The smallest absolute Gasteiger partial charge is 0.335 e. The molecule has 35 heavy (non-hydrogen) atoms. The molecule has 8 nitrogen and oxygen atoms in total. The number of aromatic carboxylic acids is 1. The van der Waals surface area contributed by atoms with Crippen LogP contribution in [0.1, 0.15) is 37.4 Å². The third-order valence-electron chi connectivity index (χ3n) is 5.58. The summed E-state index contributed by atoms with van der Waals surface area (Å²) < 4.78 is 23.1. The number of amides is 1. The van der Waals surface area contributed by atoms with Crippen molar-refractivity contribution in [3.8, 4) is 0 Å². The number of aromatic nitrogens is 1. The molecule has 1 amide bonds. The maximum Gasteiger partial charge on any atom is 0.335 e. The molecular formula is C26H22N2O6S. The molecule has 178 valence electrons. The maximum absolute atomic E-state index is 12.7. The fourth-order valence-corrected chi connectivity index (χ4v) is 4.28. The van der Waals surface area contributed by atoms with Gasteiger partial charge in [0, 0.05) is 35.9 Å². The molecule has 0 unspecified atom stereocenters. The fourth-order valence-electron chi connectivity index (χ4n) is 3.65. The predicted molar refractivity (Wildman–Crippen MR) is 131 cm³/mol. The highest BCUT2D eigenvalue weighted by Gasteiger charge is 2.11. The van der Waals surface area contributed by atoms with Gasteiger partial charge in [-0.1, -0.05) is 24.3 Å². The van der Waals surface area contributed by atoms with Crippen LogP contribution in [0.4, 0.5) is 0 Å². The quantitative estimate of drug-likeness (QED) is 0.364. The third kappa shape index (κ3) is 5.64. The summed E-state index contributed by atoms with van der Waals surface area (Å²) in [6.07, 6.45) is 1.45. The van der Waals surface area contributed by atoms with Crippen LogP contribution in [0.5, 0.6) is 0 Å². The highest BCUT2D eigenvalue weighted by Crippen LogP contribution is 2.17. The second kappa shape index (κ2) is 9.55. The van der Waals surface area contributed by atoms with Crippen LogP contribution in [0, 0.1) is 0 Å². The first kappa shape index (κ1) is 23.9. The number of rotatable bonds is 7. The number of carbonyl (C=O) groups is 2. The van der Waals surface area contributed by atoms with Crippen molar-refractivity contribution in [3.05, 3.63) is 111 Å². The maximum atomic E-state index is 12.7. The first-order valence-electron chi connectivity index (χ1n) is 10.7. The summed E-state index contributed by atoms with van der Waals surface area (Å²) in [5, 5.41) is 12.5. The highest BCUT2D eigenvalue weighted by atomic mass is 32.2. The van der Waals surface area contributed by atoms with Crippen LogP contribution in [0.15, 0.2) is 82.5 Å². The van der Waals surface area contributed by atoms with Gasteiger partial charge >= 0.3 is 5.97 Å². The SMILES string of the molecule is CS(=O)(=O)c1ccc(CNC(=O)c2ccc3[nH]c(=O)c(Cc4ccc(C(=O)O)cc4)cc3c2)cc1. The number of carbonyl (C=O) groups excluding carboxylic acids is 1. The van der Waals surface area contributed by atoms with Gasteiger partial charge in [-0.2, -0.15) is 0 Å². The van der Waals surface area contributed by atoms with E-state index in [2.05, 4.69) is 10.3 Å². The van der Waals surface area contributed by atoms with E-state index in [1.807, 2.05) is 0 Å². The molecule has 1 heterocycles. The van der Waals surface area contributed by atoms with Crippen molar-refractivity contribution in [3.63, 3.8) is 0 Å². The topological polar surface area (TPSA) is 133 Å². The summed E-state index contributed by atoms with van der Waals surface area (Å²) in [5.41, 5.74) is 2.95. The summed E-state index contributed by atoms with van der Waals surface area (Å²) in [5.74, 6) is -1.33. The fraction of sp³-hybridized carbons (Fsp3) is 0.115. The number of benzene rings is 3. The Labute approximate surface area is 201 Å². The molecule has 4 rings (SSSR count). The Morgan fingerprint density at radius 2 is 1.51 bits per heavy atom. The number of pyridine rings is 1. The lowest BCUT2D eigenvalue weighted by molar-refractivity contribution is 0.0696. The molecule has 3 aromatic carbocycles. The van der Waals surface area contributed by atoms with Crippen LogP contribution >= 0.6 is 0 Å². The number of H-pyrrole nitrogens is 1. The minimum Gasteiger partial charge on any atom is -0.478 e. The summed E-state index contributed by atoms with van der Waals surface area (Å²) in [6.45, 7) is 0.226. The summed E-state index contributed by atoms with van der Waals surface area (Å²) in [4.78, 5) is 39.3. The summed E-state index contributed by atoms with van der Waals surface area (Å²) in [6, 6.07) is 19.3. The molecule has 0 aliphatic heterocycles. The summed E-state index contributed by atoms with van der Waals surface area (Å²) in [7, 11) is -3.28. The van der Waals surface area contributed by atoms with Gasteiger partial charge in [0.25, 0.3) is 11.5 Å². The molecule has 0 saturated carbocycles. The Bertz CT molecular complexity index is 1590. The number of hydrogen-bond donors (Lipinski definition) is 3. The second-order valence-corrected chi connectivity index (χ2v) is 10.2. The van der Waals surface area contributed by atoms with Crippen LogP contribution < -0.4 is 10.9 Å². The van der Waals surface area contributed by atoms with E-state index in [0.717, 1.165) is 17.4 Å². The molecule has 0 aliphatic carbocycles. The highest BCUT2D eigenvalue weighted by molar-refractivity contribution is 7.90. The number of aromatic amines is 1. The molecule has 0 bridgehead atoms. The lowest BCUT2D eigenvalue weighted by atomic mass is 10.0. The van der Waals surface area contributed by atoms with Crippen LogP contribution in [0.25, 0.3) is 10.9 Å². The number of sulfone groups is 1. The van der Waals surface area contributed by atoms with Gasteiger partial charge < -0.3 is 15.4 Å². The first-order chi connectivity index (χ1) is 16.6. The average Bonchev–Trinajstić information content (AvgIpc) is 2.83. The van der Waals surface area contributed by atoms with Crippen molar-refractivity contribution in [2.24, 2.45) is 0 Å². The number of fused-ring (bicyclic) bond motifs is 1. The van der Waals surface area contributed by atoms with Gasteiger partial charge in [0.2, 0.25) is 0 Å². The molecule has 3 N–H and O–H groups in total. The second-order valence-electron chi connectivity index (χ2n) is 8.20. The van der Waals surface area contributed by atoms with Crippen LogP contribution in [-0.4, -0.2) is 36.6 Å². The molecular weight excluding hydrogens is 468 g/mol. The van der Waals surface area contributed by atoms with Gasteiger partial charge in [-0.25, -0.2) is 13.2 Å². The Hall–Kier alpha value is -4.24. The van der Waals surface area contributed by atoms with Gasteiger partial charge in [-0.05, 0) is 65.0 Å². The number of carboxylic acids is 1. The van der Waals surface area contributed by atoms with E-state index in [4.69, 9.17) is 5.11 Å². The van der Waals surface area contributed by atoms with Crippen molar-refractivity contribution < 1.29 is 23.1 Å². The molecule has 4 aromatic rings. The molecule has 0 fully saturated rings. The largest absolute Gasteiger partial charge is 0.478 e. The Morgan fingerprint density at radius 3 is 2.14 bits per heavy atom. The normalized spacial score (nSPS) is 11.3. The predicted octanol–water partition coefficient (Wildman–Crippen LogP) is 3.15. The van der Waals surface area contributed by atoms with E-state index < -0.39 is 15.8 Å². The van der Waals surface area contributed by atoms with Crippen molar-refractivity contribution in [2.75, 3.05) is 6.26 Å². The molecule has 9 heteroatoms. The van der Waals surface area contributed by atoms with Crippen molar-refractivity contribution in [1.29, 1.82) is 0 Å². The van der Waals surface area contributed by atoms with E-state index in [9.17, 15) is 22.8 Å². The minimum atomic E-state index is -3.28. The summed E-state index contributed by atoms with van der Waals surface area (Å²) >= 11 is 0. The molecule has 0 saturated heterocycles. The van der Waals surface area contributed by atoms with E-state index in [0.29, 0.717) is 28.5 Å². The van der Waals surface area contributed by atoms with Gasteiger partial charge in [0.05, 0.1) is 10.5 Å². The molecule has 0 aliphatic rings. The zero-order chi connectivity index (χ0) is 25.2. The Kier molecular flexibility index (Phi) is 6.52. The van der Waals surface area contributed by atoms with E-state index in [1.165, 1.54) is 24.3 Å². The van der Waals surface area contributed by atoms with E-state index in [1.54, 1.807) is 48.5 Å². The van der Waals surface area contributed by atoms with Gasteiger partial charge in [-0.3, -0.25) is 9.59 Å².